The van der Waals surface area contributed by atoms with Crippen molar-refractivity contribution >= 4 is 33.1 Å². The van der Waals surface area contributed by atoms with Gasteiger partial charge in [0.15, 0.2) is 0 Å². The van der Waals surface area contributed by atoms with Gasteiger partial charge in [-0.05, 0) is 50.1 Å². The molecule has 0 bridgehead atoms. The van der Waals surface area contributed by atoms with Gasteiger partial charge in [0, 0.05) is 23.9 Å². The van der Waals surface area contributed by atoms with E-state index in [0.717, 1.165) is 38.2 Å². The zero-order valence-corrected chi connectivity index (χ0v) is 20.1. The van der Waals surface area contributed by atoms with E-state index in [2.05, 4.69) is 9.71 Å². The Morgan fingerprint density at radius 1 is 1.06 bits per heavy atom. The summed E-state index contributed by atoms with van der Waals surface area (Å²) >= 11 is 0. The van der Waals surface area contributed by atoms with Crippen LogP contribution in [0.2, 0.25) is 0 Å². The molecule has 0 spiro atoms. The van der Waals surface area contributed by atoms with Crippen molar-refractivity contribution in [3.05, 3.63) is 88.1 Å². The molecule has 4 rings (SSSR count). The SMILES string of the molecule is Cc1ccc(S(=O)(=O)Nc2ccccc2C(=O)N(c2ccccn2)C2CCCCC2)cc1[N+](=O)[O-]. The summed E-state index contributed by atoms with van der Waals surface area (Å²) in [6.45, 7) is 1.54. The predicted molar refractivity (Wildman–Crippen MR) is 133 cm³/mol. The number of benzene rings is 2. The van der Waals surface area contributed by atoms with Gasteiger partial charge in [-0.1, -0.05) is 43.5 Å². The van der Waals surface area contributed by atoms with Gasteiger partial charge >= 0.3 is 0 Å². The summed E-state index contributed by atoms with van der Waals surface area (Å²) in [6, 6.07) is 15.4. The molecule has 0 saturated heterocycles. The number of hydrogen-bond acceptors (Lipinski definition) is 6. The lowest BCUT2D eigenvalue weighted by atomic mass is 9.93. The first-order chi connectivity index (χ1) is 16.8. The van der Waals surface area contributed by atoms with Crippen LogP contribution in [0.4, 0.5) is 17.2 Å². The van der Waals surface area contributed by atoms with E-state index in [1.165, 1.54) is 25.1 Å². The Hall–Kier alpha value is -3.79. The number of carbonyl (C=O) groups is 1. The third kappa shape index (κ3) is 5.32. The van der Waals surface area contributed by atoms with E-state index in [0.29, 0.717) is 11.4 Å². The second kappa shape index (κ2) is 10.2. The van der Waals surface area contributed by atoms with Crippen LogP contribution in [0, 0.1) is 17.0 Å². The van der Waals surface area contributed by atoms with Crippen molar-refractivity contribution in [3.63, 3.8) is 0 Å². The van der Waals surface area contributed by atoms with Crippen molar-refractivity contribution in [1.82, 2.24) is 4.98 Å². The lowest BCUT2D eigenvalue weighted by Crippen LogP contribution is -2.42. The number of amides is 1. The maximum absolute atomic E-state index is 13.8. The Kier molecular flexibility index (Phi) is 7.11. The number of rotatable bonds is 7. The third-order valence-electron chi connectivity index (χ3n) is 6.14. The summed E-state index contributed by atoms with van der Waals surface area (Å²) in [4.78, 5) is 30.3. The van der Waals surface area contributed by atoms with E-state index in [4.69, 9.17) is 0 Å². The molecule has 1 aliphatic carbocycles. The van der Waals surface area contributed by atoms with Gasteiger partial charge in [-0.15, -0.1) is 0 Å². The molecule has 1 fully saturated rings. The summed E-state index contributed by atoms with van der Waals surface area (Å²) in [6.07, 6.45) is 6.41. The molecule has 0 aliphatic heterocycles. The Morgan fingerprint density at radius 3 is 2.46 bits per heavy atom. The number of pyridine rings is 1. The average Bonchev–Trinajstić information content (AvgIpc) is 2.85. The highest BCUT2D eigenvalue weighted by Crippen LogP contribution is 2.31. The zero-order valence-electron chi connectivity index (χ0n) is 19.3. The number of sulfonamides is 1. The predicted octanol–water partition coefficient (Wildman–Crippen LogP) is 5.08. The normalized spacial score (nSPS) is 14.3. The van der Waals surface area contributed by atoms with Crippen LogP contribution in [0.5, 0.6) is 0 Å². The monoisotopic (exact) mass is 494 g/mol. The number of nitrogens with zero attached hydrogens (tertiary/aromatic N) is 3. The van der Waals surface area contributed by atoms with Crippen molar-refractivity contribution in [3.8, 4) is 0 Å². The van der Waals surface area contributed by atoms with Crippen LogP contribution in [0.25, 0.3) is 0 Å². The van der Waals surface area contributed by atoms with E-state index >= 15 is 0 Å². The molecule has 0 unspecified atom stereocenters. The fraction of sp³-hybridized carbons (Fsp3) is 0.280. The second-order valence-corrected chi connectivity index (χ2v) is 10.2. The fourth-order valence-electron chi connectivity index (χ4n) is 4.34. The smallest absolute Gasteiger partial charge is 0.273 e. The molecule has 10 heteroatoms. The third-order valence-corrected chi connectivity index (χ3v) is 7.51. The molecular weight excluding hydrogens is 468 g/mol. The van der Waals surface area contributed by atoms with Crippen LogP contribution in [-0.4, -0.2) is 30.3 Å². The first-order valence-corrected chi connectivity index (χ1v) is 12.9. The number of anilines is 2. The minimum atomic E-state index is -4.20. The van der Waals surface area contributed by atoms with E-state index < -0.39 is 14.9 Å². The van der Waals surface area contributed by atoms with Gasteiger partial charge in [0.25, 0.3) is 21.6 Å². The summed E-state index contributed by atoms with van der Waals surface area (Å²) in [7, 11) is -4.20. The minimum Gasteiger partial charge on any atom is -0.290 e. The number of carbonyl (C=O) groups excluding carboxylic acids is 1. The molecule has 1 amide bonds. The average molecular weight is 495 g/mol. The number of aryl methyl sites for hydroxylation is 1. The molecule has 1 aromatic heterocycles. The molecule has 1 heterocycles. The maximum Gasteiger partial charge on any atom is 0.273 e. The molecule has 1 aliphatic rings. The van der Waals surface area contributed by atoms with Gasteiger partial charge in [0.1, 0.15) is 5.82 Å². The maximum atomic E-state index is 13.8. The Labute approximate surface area is 204 Å². The highest BCUT2D eigenvalue weighted by Gasteiger charge is 2.30. The van der Waals surface area contributed by atoms with E-state index in [1.807, 2.05) is 6.07 Å². The van der Waals surface area contributed by atoms with Gasteiger partial charge in [-0.25, -0.2) is 13.4 Å². The second-order valence-electron chi connectivity index (χ2n) is 8.51. The van der Waals surface area contributed by atoms with Gasteiger partial charge in [-0.2, -0.15) is 0 Å². The molecule has 1 saturated carbocycles. The highest BCUT2D eigenvalue weighted by molar-refractivity contribution is 7.92. The quantitative estimate of drug-likeness (QED) is 0.361. The summed E-state index contributed by atoms with van der Waals surface area (Å²) in [5, 5.41) is 11.3. The topological polar surface area (TPSA) is 123 Å². The van der Waals surface area contributed by atoms with Crippen molar-refractivity contribution in [2.24, 2.45) is 0 Å². The minimum absolute atomic E-state index is 0.0458. The van der Waals surface area contributed by atoms with Gasteiger partial charge < -0.3 is 0 Å². The standard InChI is InChI=1S/C25H26N4O5S/c1-18-14-15-20(17-23(18)29(31)32)35(33,34)27-22-12-6-5-11-21(22)25(30)28(19-9-3-2-4-10-19)24-13-7-8-16-26-24/h5-8,11-17,19,27H,2-4,9-10H2,1H3. The molecule has 1 N–H and O–H groups in total. The number of nitro benzene ring substituents is 1. The number of nitro groups is 1. The molecule has 3 aromatic rings. The first kappa shape index (κ1) is 24.3. The van der Waals surface area contributed by atoms with Crippen LogP contribution < -0.4 is 9.62 Å². The number of para-hydroxylation sites is 1. The first-order valence-electron chi connectivity index (χ1n) is 11.4. The van der Waals surface area contributed by atoms with E-state index in [-0.39, 0.29) is 33.8 Å². The number of aromatic nitrogens is 1. The van der Waals surface area contributed by atoms with Gasteiger partial charge in [0.05, 0.1) is 21.1 Å². The molecule has 0 atom stereocenters. The summed E-state index contributed by atoms with van der Waals surface area (Å²) in [5.74, 6) is 0.153. The van der Waals surface area contributed by atoms with Crippen LogP contribution in [-0.2, 0) is 10.0 Å². The fourth-order valence-corrected chi connectivity index (χ4v) is 5.44. The largest absolute Gasteiger partial charge is 0.290 e. The van der Waals surface area contributed by atoms with Gasteiger partial charge in [0.2, 0.25) is 0 Å². The Morgan fingerprint density at radius 2 is 1.77 bits per heavy atom. The Bertz CT molecular complexity index is 1340. The zero-order chi connectivity index (χ0) is 25.0. The van der Waals surface area contributed by atoms with Crippen LogP contribution >= 0.6 is 0 Å². The highest BCUT2D eigenvalue weighted by atomic mass is 32.2. The van der Waals surface area contributed by atoms with Crippen molar-refractivity contribution in [1.29, 1.82) is 0 Å². The van der Waals surface area contributed by atoms with Crippen LogP contribution in [0.1, 0.15) is 48.0 Å². The van der Waals surface area contributed by atoms with Gasteiger partial charge in [-0.3, -0.25) is 24.5 Å². The van der Waals surface area contributed by atoms with Crippen LogP contribution in [0.15, 0.2) is 71.8 Å². The van der Waals surface area contributed by atoms with Crippen molar-refractivity contribution in [2.75, 3.05) is 9.62 Å². The molecule has 9 nitrogen and oxygen atoms in total. The number of hydrogen-bond donors (Lipinski definition) is 1. The molecule has 35 heavy (non-hydrogen) atoms. The van der Waals surface area contributed by atoms with Crippen molar-refractivity contribution in [2.45, 2.75) is 50.0 Å². The van der Waals surface area contributed by atoms with Crippen molar-refractivity contribution < 1.29 is 18.1 Å². The lowest BCUT2D eigenvalue weighted by molar-refractivity contribution is -0.385. The van der Waals surface area contributed by atoms with Crippen LogP contribution in [0.3, 0.4) is 0 Å². The molecule has 182 valence electrons. The Balaban J connectivity index is 1.71. The molecule has 2 aromatic carbocycles. The molecular formula is C25H26N4O5S. The van der Waals surface area contributed by atoms with E-state index in [1.54, 1.807) is 41.4 Å². The molecule has 0 radical (unpaired) electrons. The lowest BCUT2D eigenvalue weighted by Gasteiger charge is -2.34. The van der Waals surface area contributed by atoms with E-state index in [9.17, 15) is 23.3 Å². The number of nitrogens with one attached hydrogen (secondary N) is 1. The summed E-state index contributed by atoms with van der Waals surface area (Å²) in [5.41, 5.74) is 0.324. The summed E-state index contributed by atoms with van der Waals surface area (Å²) < 4.78 is 28.7.